The number of hydrogen-bond acceptors (Lipinski definition) is 3. The highest BCUT2D eigenvalue weighted by Gasteiger charge is 2.04. The summed E-state index contributed by atoms with van der Waals surface area (Å²) in [6, 6.07) is 21.1. The fourth-order valence-corrected chi connectivity index (χ4v) is 2.39. The second-order valence-electron chi connectivity index (χ2n) is 5.26. The zero-order valence-electron chi connectivity index (χ0n) is 13.4. The smallest absolute Gasteiger partial charge is 0.271 e. The van der Waals surface area contributed by atoms with Gasteiger partial charge in [-0.15, -0.1) is 0 Å². The molecule has 0 atom stereocenters. The molecule has 1 amide bonds. The number of rotatable bonds is 5. The summed E-state index contributed by atoms with van der Waals surface area (Å²) in [6.45, 7) is 2.52. The summed E-state index contributed by atoms with van der Waals surface area (Å²) in [5.41, 5.74) is 4.00. The average molecular weight is 318 g/mol. The highest BCUT2D eigenvalue weighted by atomic mass is 16.5. The number of ether oxygens (including phenoxy) is 1. The van der Waals surface area contributed by atoms with Crippen molar-refractivity contribution in [3.8, 4) is 5.75 Å². The van der Waals surface area contributed by atoms with Crippen molar-refractivity contribution in [2.24, 2.45) is 5.10 Å². The maximum atomic E-state index is 12.1. The van der Waals surface area contributed by atoms with Crippen LogP contribution in [0.5, 0.6) is 5.75 Å². The summed E-state index contributed by atoms with van der Waals surface area (Å²) in [5, 5.41) is 6.34. The summed E-state index contributed by atoms with van der Waals surface area (Å²) >= 11 is 0. The van der Waals surface area contributed by atoms with Gasteiger partial charge in [0.15, 0.2) is 0 Å². The Balaban J connectivity index is 1.64. The number of benzene rings is 3. The van der Waals surface area contributed by atoms with E-state index in [0.717, 1.165) is 16.7 Å². The van der Waals surface area contributed by atoms with E-state index < -0.39 is 0 Å². The molecule has 0 aliphatic carbocycles. The Kier molecular flexibility index (Phi) is 4.87. The van der Waals surface area contributed by atoms with E-state index in [4.69, 9.17) is 4.74 Å². The largest absolute Gasteiger partial charge is 0.494 e. The van der Waals surface area contributed by atoms with Gasteiger partial charge < -0.3 is 4.74 Å². The number of carbonyl (C=O) groups excluding carboxylic acids is 1. The number of nitrogens with one attached hydrogen (secondary N) is 1. The van der Waals surface area contributed by atoms with Gasteiger partial charge in [-0.2, -0.15) is 5.10 Å². The summed E-state index contributed by atoms with van der Waals surface area (Å²) in [5.74, 6) is 0.490. The molecule has 0 radical (unpaired) electrons. The molecule has 3 rings (SSSR count). The molecule has 0 aliphatic heterocycles. The highest BCUT2D eigenvalue weighted by molar-refractivity contribution is 5.95. The van der Waals surface area contributed by atoms with Crippen molar-refractivity contribution in [2.45, 2.75) is 6.92 Å². The van der Waals surface area contributed by atoms with Crippen LogP contribution in [0.25, 0.3) is 10.8 Å². The standard InChI is InChI=1S/C20H18N2O2/c1-2-24-19-11-9-17(10-12-19)20(23)22-21-14-15-7-8-16-5-3-4-6-18(16)13-15/h3-14H,2H2,1H3,(H,22,23)/b21-14+. The Morgan fingerprint density at radius 1 is 1.04 bits per heavy atom. The molecule has 3 aromatic rings. The monoisotopic (exact) mass is 318 g/mol. The molecule has 0 unspecified atom stereocenters. The van der Waals surface area contributed by atoms with Gasteiger partial charge in [0.05, 0.1) is 12.8 Å². The van der Waals surface area contributed by atoms with Crippen molar-refractivity contribution in [3.05, 3.63) is 77.9 Å². The molecule has 0 bridgehead atoms. The first-order valence-corrected chi connectivity index (χ1v) is 7.81. The highest BCUT2D eigenvalue weighted by Crippen LogP contribution is 2.14. The van der Waals surface area contributed by atoms with E-state index in [-0.39, 0.29) is 5.91 Å². The Labute approximate surface area is 140 Å². The van der Waals surface area contributed by atoms with E-state index in [1.165, 1.54) is 5.39 Å². The van der Waals surface area contributed by atoms with Crippen LogP contribution >= 0.6 is 0 Å². The number of hydrazone groups is 1. The molecule has 0 aliphatic rings. The first-order chi connectivity index (χ1) is 11.8. The van der Waals surface area contributed by atoms with Gasteiger partial charge in [-0.25, -0.2) is 5.43 Å². The SMILES string of the molecule is CCOc1ccc(C(=O)N/N=C/c2ccc3ccccc3c2)cc1. The Morgan fingerprint density at radius 2 is 1.79 bits per heavy atom. The number of fused-ring (bicyclic) bond motifs is 1. The summed E-state index contributed by atoms with van der Waals surface area (Å²) in [7, 11) is 0. The van der Waals surface area contributed by atoms with Crippen molar-refractivity contribution in [1.82, 2.24) is 5.43 Å². The molecule has 0 fully saturated rings. The summed E-state index contributed by atoms with van der Waals surface area (Å²) < 4.78 is 5.35. The van der Waals surface area contributed by atoms with Crippen molar-refractivity contribution in [2.75, 3.05) is 6.61 Å². The molecule has 0 saturated carbocycles. The van der Waals surface area contributed by atoms with Gasteiger partial charge in [0.25, 0.3) is 5.91 Å². The van der Waals surface area contributed by atoms with E-state index in [0.29, 0.717) is 12.2 Å². The molecule has 4 heteroatoms. The lowest BCUT2D eigenvalue weighted by Gasteiger charge is -2.04. The minimum atomic E-state index is -0.255. The predicted octanol–water partition coefficient (Wildman–Crippen LogP) is 4.00. The van der Waals surface area contributed by atoms with Crippen LogP contribution in [0.2, 0.25) is 0 Å². The van der Waals surface area contributed by atoms with Gasteiger partial charge in [0, 0.05) is 5.56 Å². The van der Waals surface area contributed by atoms with Crippen LogP contribution in [0.3, 0.4) is 0 Å². The van der Waals surface area contributed by atoms with Crippen LogP contribution in [-0.4, -0.2) is 18.7 Å². The zero-order valence-corrected chi connectivity index (χ0v) is 13.4. The Morgan fingerprint density at radius 3 is 2.54 bits per heavy atom. The quantitative estimate of drug-likeness (QED) is 0.571. The second-order valence-corrected chi connectivity index (χ2v) is 5.26. The molecule has 4 nitrogen and oxygen atoms in total. The Bertz CT molecular complexity index is 870. The molecular formula is C20H18N2O2. The molecule has 0 aromatic heterocycles. The van der Waals surface area contributed by atoms with Crippen LogP contribution in [0.1, 0.15) is 22.8 Å². The van der Waals surface area contributed by atoms with Gasteiger partial charge in [-0.05, 0) is 53.6 Å². The lowest BCUT2D eigenvalue weighted by Crippen LogP contribution is -2.17. The normalized spacial score (nSPS) is 10.9. The minimum Gasteiger partial charge on any atom is -0.494 e. The minimum absolute atomic E-state index is 0.255. The van der Waals surface area contributed by atoms with Crippen molar-refractivity contribution in [1.29, 1.82) is 0 Å². The second kappa shape index (κ2) is 7.42. The number of nitrogens with zero attached hydrogens (tertiary/aromatic N) is 1. The fourth-order valence-electron chi connectivity index (χ4n) is 2.39. The molecule has 3 aromatic carbocycles. The van der Waals surface area contributed by atoms with E-state index in [1.54, 1.807) is 30.5 Å². The Hall–Kier alpha value is -3.14. The summed E-state index contributed by atoms with van der Waals surface area (Å²) in [4.78, 5) is 12.1. The van der Waals surface area contributed by atoms with E-state index in [9.17, 15) is 4.79 Å². The number of amides is 1. The lowest BCUT2D eigenvalue weighted by molar-refractivity contribution is 0.0955. The van der Waals surface area contributed by atoms with Gasteiger partial charge in [0.1, 0.15) is 5.75 Å². The average Bonchev–Trinajstić information content (AvgIpc) is 2.62. The maximum Gasteiger partial charge on any atom is 0.271 e. The van der Waals surface area contributed by atoms with E-state index in [1.807, 2.05) is 43.3 Å². The fraction of sp³-hybridized carbons (Fsp3) is 0.100. The molecule has 0 saturated heterocycles. The van der Waals surface area contributed by atoms with Crippen molar-refractivity contribution < 1.29 is 9.53 Å². The van der Waals surface area contributed by atoms with Gasteiger partial charge in [0.2, 0.25) is 0 Å². The van der Waals surface area contributed by atoms with Crippen LogP contribution in [0.15, 0.2) is 71.8 Å². The van der Waals surface area contributed by atoms with Gasteiger partial charge in [-0.1, -0.05) is 36.4 Å². The zero-order chi connectivity index (χ0) is 16.8. The predicted molar refractivity (Wildman–Crippen MR) is 96.6 cm³/mol. The summed E-state index contributed by atoms with van der Waals surface area (Å²) in [6.07, 6.45) is 1.64. The third-order valence-electron chi connectivity index (χ3n) is 3.58. The third-order valence-corrected chi connectivity index (χ3v) is 3.58. The first kappa shape index (κ1) is 15.7. The maximum absolute atomic E-state index is 12.1. The third kappa shape index (κ3) is 3.79. The van der Waals surface area contributed by atoms with E-state index in [2.05, 4.69) is 16.6 Å². The van der Waals surface area contributed by atoms with Crippen LogP contribution < -0.4 is 10.2 Å². The van der Waals surface area contributed by atoms with E-state index >= 15 is 0 Å². The molecule has 24 heavy (non-hydrogen) atoms. The number of carbonyl (C=O) groups is 1. The topological polar surface area (TPSA) is 50.7 Å². The van der Waals surface area contributed by atoms with Crippen molar-refractivity contribution in [3.63, 3.8) is 0 Å². The molecule has 120 valence electrons. The molecular weight excluding hydrogens is 300 g/mol. The molecule has 1 N–H and O–H groups in total. The van der Waals surface area contributed by atoms with Gasteiger partial charge in [-0.3, -0.25) is 4.79 Å². The lowest BCUT2D eigenvalue weighted by atomic mass is 10.1. The van der Waals surface area contributed by atoms with Crippen LogP contribution in [0.4, 0.5) is 0 Å². The van der Waals surface area contributed by atoms with Gasteiger partial charge >= 0.3 is 0 Å². The van der Waals surface area contributed by atoms with Crippen LogP contribution in [0, 0.1) is 0 Å². The first-order valence-electron chi connectivity index (χ1n) is 7.81. The van der Waals surface area contributed by atoms with Crippen LogP contribution in [-0.2, 0) is 0 Å². The molecule has 0 spiro atoms. The van der Waals surface area contributed by atoms with Crippen molar-refractivity contribution >= 4 is 22.9 Å². The molecule has 0 heterocycles. The number of hydrogen-bond donors (Lipinski definition) is 1.